The largest absolute Gasteiger partial charge is 0.468 e. The highest BCUT2D eigenvalue weighted by molar-refractivity contribution is 6.35. The van der Waals surface area contributed by atoms with Gasteiger partial charge in [-0.1, -0.05) is 70.7 Å². The van der Waals surface area contributed by atoms with E-state index in [2.05, 4.69) is 0 Å². The predicted octanol–water partition coefficient (Wildman–Crippen LogP) is 6.74. The minimum Gasteiger partial charge on any atom is -0.468 e. The van der Waals surface area contributed by atoms with Crippen molar-refractivity contribution in [3.63, 3.8) is 0 Å². The summed E-state index contributed by atoms with van der Waals surface area (Å²) < 4.78 is 44.3. The second-order valence-corrected chi connectivity index (χ2v) is 12.7. The number of piperazine rings is 1. The molecule has 4 rings (SSSR count). The Kier molecular flexibility index (Phi) is 12.6. The first-order valence-electron chi connectivity index (χ1n) is 14.6. The predicted molar refractivity (Wildman–Crippen MR) is 176 cm³/mol. The summed E-state index contributed by atoms with van der Waals surface area (Å²) in [4.78, 5) is 57.3. The number of benzene rings is 3. The summed E-state index contributed by atoms with van der Waals surface area (Å²) >= 11 is 24.6. The molecule has 3 amide bonds. The molecule has 1 heterocycles. The number of esters is 1. The Hall–Kier alpha value is -3.51. The maximum Gasteiger partial charge on any atom is 0.416 e. The maximum atomic E-state index is 13.9. The summed E-state index contributed by atoms with van der Waals surface area (Å²) in [7, 11) is 1.17. The third-order valence-corrected chi connectivity index (χ3v) is 9.03. The number of rotatable bonds is 12. The lowest BCUT2D eigenvalue weighted by Gasteiger charge is -2.41. The summed E-state index contributed by atoms with van der Waals surface area (Å²) in [6.07, 6.45) is -4.55. The highest BCUT2D eigenvalue weighted by atomic mass is 35.5. The molecule has 0 aromatic heterocycles. The van der Waals surface area contributed by atoms with Gasteiger partial charge in [0.1, 0.15) is 12.6 Å². The number of ether oxygens (including phenoxy) is 1. The third kappa shape index (κ3) is 9.78. The molecule has 0 aliphatic carbocycles. The summed E-state index contributed by atoms with van der Waals surface area (Å²) in [6.45, 7) is -0.883. The first-order valence-corrected chi connectivity index (χ1v) is 16.1. The molecule has 1 aliphatic heterocycles. The average Bonchev–Trinajstić information content (AvgIpc) is 3.02. The van der Waals surface area contributed by atoms with Gasteiger partial charge in [0.05, 0.1) is 25.6 Å². The van der Waals surface area contributed by atoms with Crippen LogP contribution in [-0.4, -0.2) is 77.7 Å². The molecule has 1 saturated heterocycles. The van der Waals surface area contributed by atoms with Gasteiger partial charge in [-0.05, 0) is 65.9 Å². The van der Waals surface area contributed by atoms with Crippen LogP contribution in [0.25, 0.3) is 0 Å². The van der Waals surface area contributed by atoms with Crippen molar-refractivity contribution in [3.8, 4) is 0 Å². The SMILES string of the molecule is COC(=O)CN(CCc1ccc(Cl)cc1Cl)C(=O)CC1C(=O)N(CCc2ccc(Cl)cc2Cl)CC(=O)N1Cc1ccc(C(F)(F)F)cc1. The zero-order chi connectivity index (χ0) is 35.2. The molecular weight excluding hydrogens is 717 g/mol. The second kappa shape index (κ2) is 16.3. The lowest BCUT2D eigenvalue weighted by molar-refractivity contribution is -0.159. The minimum atomic E-state index is -4.56. The monoisotopic (exact) mass is 745 g/mol. The number of methoxy groups -OCH3 is 1. The smallest absolute Gasteiger partial charge is 0.416 e. The quantitative estimate of drug-likeness (QED) is 0.192. The van der Waals surface area contributed by atoms with Crippen LogP contribution in [-0.2, 0) is 49.5 Å². The highest BCUT2D eigenvalue weighted by Gasteiger charge is 2.41. The fourth-order valence-corrected chi connectivity index (χ4v) is 6.20. The van der Waals surface area contributed by atoms with Crippen LogP contribution in [0, 0.1) is 0 Å². The molecule has 1 aliphatic rings. The van der Waals surface area contributed by atoms with Crippen LogP contribution >= 0.6 is 46.4 Å². The van der Waals surface area contributed by atoms with Crippen LogP contribution in [0.2, 0.25) is 20.1 Å². The van der Waals surface area contributed by atoms with E-state index in [0.29, 0.717) is 36.8 Å². The van der Waals surface area contributed by atoms with Gasteiger partial charge >= 0.3 is 12.1 Å². The van der Waals surface area contributed by atoms with Crippen LogP contribution in [0.4, 0.5) is 13.2 Å². The first kappa shape index (κ1) is 37.3. The number of halogens is 7. The zero-order valence-electron chi connectivity index (χ0n) is 25.5. The molecular formula is C33H30Cl4F3N3O5. The number of amides is 3. The normalized spacial score (nSPS) is 15.1. The van der Waals surface area contributed by atoms with Crippen molar-refractivity contribution in [1.29, 1.82) is 0 Å². The lowest BCUT2D eigenvalue weighted by atomic mass is 10.0. The van der Waals surface area contributed by atoms with E-state index in [1.165, 1.54) is 33.9 Å². The van der Waals surface area contributed by atoms with Crippen LogP contribution in [0.3, 0.4) is 0 Å². The molecule has 0 N–H and O–H groups in total. The van der Waals surface area contributed by atoms with Crippen molar-refractivity contribution < 1.29 is 37.1 Å². The minimum absolute atomic E-state index is 0.0157. The van der Waals surface area contributed by atoms with E-state index < -0.39 is 54.4 Å². The Bertz CT molecular complexity index is 1670. The van der Waals surface area contributed by atoms with E-state index in [1.54, 1.807) is 36.4 Å². The van der Waals surface area contributed by atoms with Crippen molar-refractivity contribution in [1.82, 2.24) is 14.7 Å². The molecule has 0 bridgehead atoms. The second-order valence-electron chi connectivity index (χ2n) is 11.1. The zero-order valence-corrected chi connectivity index (χ0v) is 28.6. The molecule has 0 saturated carbocycles. The number of alkyl halides is 3. The van der Waals surface area contributed by atoms with Gasteiger partial charge in [-0.2, -0.15) is 13.2 Å². The van der Waals surface area contributed by atoms with Gasteiger partial charge < -0.3 is 19.4 Å². The van der Waals surface area contributed by atoms with E-state index in [0.717, 1.165) is 12.1 Å². The Labute approximate surface area is 295 Å². The van der Waals surface area contributed by atoms with Crippen molar-refractivity contribution in [3.05, 3.63) is 103 Å². The molecule has 256 valence electrons. The highest BCUT2D eigenvalue weighted by Crippen LogP contribution is 2.30. The molecule has 1 unspecified atom stereocenters. The molecule has 8 nitrogen and oxygen atoms in total. The van der Waals surface area contributed by atoms with Gasteiger partial charge in [0.25, 0.3) is 0 Å². The van der Waals surface area contributed by atoms with Crippen molar-refractivity contribution in [2.45, 2.75) is 38.0 Å². The van der Waals surface area contributed by atoms with Crippen molar-refractivity contribution in [2.24, 2.45) is 0 Å². The Morgan fingerprint density at radius 3 is 2.02 bits per heavy atom. The van der Waals surface area contributed by atoms with Crippen LogP contribution in [0.15, 0.2) is 60.7 Å². The molecule has 0 spiro atoms. The van der Waals surface area contributed by atoms with Gasteiger partial charge in [-0.15, -0.1) is 0 Å². The average molecular weight is 747 g/mol. The van der Waals surface area contributed by atoms with Crippen LogP contribution in [0.5, 0.6) is 0 Å². The number of carbonyl (C=O) groups excluding carboxylic acids is 4. The van der Waals surface area contributed by atoms with E-state index in [-0.39, 0.29) is 39.0 Å². The molecule has 1 atom stereocenters. The molecule has 3 aromatic rings. The summed E-state index contributed by atoms with van der Waals surface area (Å²) in [5.41, 5.74) is 0.798. The van der Waals surface area contributed by atoms with E-state index in [9.17, 15) is 32.3 Å². The summed E-state index contributed by atoms with van der Waals surface area (Å²) in [5, 5.41) is 1.59. The fourth-order valence-electron chi connectivity index (χ4n) is 5.20. The topological polar surface area (TPSA) is 87.2 Å². The van der Waals surface area contributed by atoms with Gasteiger partial charge in [-0.25, -0.2) is 0 Å². The van der Waals surface area contributed by atoms with Gasteiger partial charge in [0.2, 0.25) is 17.7 Å². The fraction of sp³-hybridized carbons (Fsp3) is 0.333. The van der Waals surface area contributed by atoms with E-state index >= 15 is 0 Å². The van der Waals surface area contributed by atoms with Crippen LogP contribution < -0.4 is 0 Å². The van der Waals surface area contributed by atoms with Crippen molar-refractivity contribution in [2.75, 3.05) is 33.3 Å². The Balaban J connectivity index is 1.59. The van der Waals surface area contributed by atoms with Gasteiger partial charge in [0, 0.05) is 39.7 Å². The summed E-state index contributed by atoms with van der Waals surface area (Å²) in [6, 6.07) is 12.6. The van der Waals surface area contributed by atoms with Gasteiger partial charge in [0.15, 0.2) is 0 Å². The molecule has 3 aromatic carbocycles. The Morgan fingerprint density at radius 2 is 1.48 bits per heavy atom. The van der Waals surface area contributed by atoms with Crippen LogP contribution in [0.1, 0.15) is 28.7 Å². The van der Waals surface area contributed by atoms with Crippen molar-refractivity contribution >= 4 is 70.1 Å². The number of carbonyl (C=O) groups is 4. The summed E-state index contributed by atoms with van der Waals surface area (Å²) in [5.74, 6) is -2.39. The van der Waals surface area contributed by atoms with E-state index in [1.807, 2.05) is 0 Å². The maximum absolute atomic E-state index is 13.9. The molecule has 0 radical (unpaired) electrons. The van der Waals surface area contributed by atoms with E-state index in [4.69, 9.17) is 51.1 Å². The lowest BCUT2D eigenvalue weighted by Crippen LogP contribution is -2.61. The first-order chi connectivity index (χ1) is 22.7. The Morgan fingerprint density at radius 1 is 0.896 bits per heavy atom. The van der Waals surface area contributed by atoms with Gasteiger partial charge in [-0.3, -0.25) is 19.2 Å². The number of hydrogen-bond donors (Lipinski definition) is 0. The standard InChI is InChI=1S/C33H30Cl4F3N3O5/c1-48-31(46)19-41(12-10-21-4-8-24(34)14-26(21)36)29(44)16-28-32(47)42(13-11-22-5-9-25(35)15-27(22)37)18-30(45)43(28)17-20-2-6-23(7-3-20)33(38,39)40/h2-9,14-15,28H,10-13,16-19H2,1H3. The number of hydrogen-bond acceptors (Lipinski definition) is 5. The molecule has 48 heavy (non-hydrogen) atoms. The molecule has 1 fully saturated rings. The number of nitrogens with zero attached hydrogens (tertiary/aromatic N) is 3. The third-order valence-electron chi connectivity index (χ3n) is 7.85. The molecule has 15 heteroatoms.